The fraction of sp³-hybridized carbons (Fsp3) is 0.562. The molecule has 1 fully saturated rings. The van der Waals surface area contributed by atoms with Crippen molar-refractivity contribution in [1.29, 1.82) is 0 Å². The van der Waals surface area contributed by atoms with E-state index in [1.807, 2.05) is 6.07 Å². The lowest BCUT2D eigenvalue weighted by atomic mass is 9.75. The molecule has 0 saturated carbocycles. The zero-order valence-corrected chi connectivity index (χ0v) is 12.4. The van der Waals surface area contributed by atoms with E-state index in [4.69, 9.17) is 4.98 Å². The summed E-state index contributed by atoms with van der Waals surface area (Å²) < 4.78 is 15.7. The molecule has 2 aromatic rings. The van der Waals surface area contributed by atoms with Crippen molar-refractivity contribution in [2.75, 3.05) is 13.1 Å². The minimum absolute atomic E-state index is 0.0610. The van der Waals surface area contributed by atoms with Crippen LogP contribution in [0.3, 0.4) is 0 Å². The van der Waals surface area contributed by atoms with Crippen LogP contribution in [-0.4, -0.2) is 22.6 Å². The second-order valence-electron chi connectivity index (χ2n) is 6.05. The Balaban J connectivity index is 2.24. The quantitative estimate of drug-likeness (QED) is 0.933. The molecule has 0 amide bonds. The average Bonchev–Trinajstić information content (AvgIpc) is 3.02. The molecular weight excluding hydrogens is 253 g/mol. The number of aromatic nitrogens is 2. The fourth-order valence-electron chi connectivity index (χ4n) is 3.46. The molecule has 1 aromatic heterocycles. The van der Waals surface area contributed by atoms with Crippen LogP contribution in [0.4, 0.5) is 4.39 Å². The van der Waals surface area contributed by atoms with Gasteiger partial charge in [-0.05, 0) is 37.9 Å². The van der Waals surface area contributed by atoms with Crippen LogP contribution in [0, 0.1) is 11.7 Å². The molecule has 1 atom stereocenters. The van der Waals surface area contributed by atoms with Crippen LogP contribution >= 0.6 is 0 Å². The van der Waals surface area contributed by atoms with Crippen LogP contribution in [0.5, 0.6) is 0 Å². The number of nitrogens with zero attached hydrogens (tertiary/aromatic N) is 2. The molecule has 3 nitrogen and oxygen atoms in total. The Bertz CT molecular complexity index is 624. The van der Waals surface area contributed by atoms with Gasteiger partial charge in [0.1, 0.15) is 11.6 Å². The largest absolute Gasteiger partial charge is 0.328 e. The minimum Gasteiger partial charge on any atom is -0.328 e. The van der Waals surface area contributed by atoms with Gasteiger partial charge in [-0.3, -0.25) is 0 Å². The lowest BCUT2D eigenvalue weighted by Crippen LogP contribution is -2.37. The number of hydrogen-bond donors (Lipinski definition) is 1. The number of rotatable bonds is 3. The maximum absolute atomic E-state index is 13.5. The van der Waals surface area contributed by atoms with Crippen molar-refractivity contribution in [3.8, 4) is 0 Å². The molecule has 1 N–H and O–H groups in total. The monoisotopic (exact) mass is 275 g/mol. The molecule has 0 spiro atoms. The number of nitrogens with one attached hydrogen (secondary N) is 1. The summed E-state index contributed by atoms with van der Waals surface area (Å²) in [4.78, 5) is 4.80. The molecule has 1 aromatic carbocycles. The van der Waals surface area contributed by atoms with Gasteiger partial charge in [0, 0.05) is 24.6 Å². The van der Waals surface area contributed by atoms with E-state index in [0.29, 0.717) is 5.92 Å². The molecular formula is C16H22FN3. The van der Waals surface area contributed by atoms with Crippen molar-refractivity contribution < 1.29 is 4.39 Å². The van der Waals surface area contributed by atoms with Gasteiger partial charge in [0.05, 0.1) is 11.0 Å². The third-order valence-electron chi connectivity index (χ3n) is 4.77. The Kier molecular flexibility index (Phi) is 3.28. The highest BCUT2D eigenvalue weighted by molar-refractivity contribution is 5.76. The molecule has 2 heterocycles. The Hall–Kier alpha value is -1.42. The van der Waals surface area contributed by atoms with Gasteiger partial charge >= 0.3 is 0 Å². The summed E-state index contributed by atoms with van der Waals surface area (Å²) in [7, 11) is 0. The third kappa shape index (κ3) is 1.85. The normalized spacial score (nSPS) is 23.1. The van der Waals surface area contributed by atoms with Gasteiger partial charge in [0.25, 0.3) is 0 Å². The van der Waals surface area contributed by atoms with Crippen LogP contribution in [0.2, 0.25) is 0 Å². The minimum atomic E-state index is -0.215. The van der Waals surface area contributed by atoms with Gasteiger partial charge in [-0.25, -0.2) is 9.37 Å². The van der Waals surface area contributed by atoms with Crippen molar-refractivity contribution in [3.63, 3.8) is 0 Å². The average molecular weight is 275 g/mol. The first-order chi connectivity index (χ1) is 9.58. The van der Waals surface area contributed by atoms with E-state index < -0.39 is 0 Å². The van der Waals surface area contributed by atoms with Crippen molar-refractivity contribution in [2.45, 2.75) is 39.2 Å². The van der Waals surface area contributed by atoms with Crippen LogP contribution < -0.4 is 5.32 Å². The van der Waals surface area contributed by atoms with Crippen molar-refractivity contribution >= 4 is 11.0 Å². The Morgan fingerprint density at radius 2 is 2.25 bits per heavy atom. The van der Waals surface area contributed by atoms with Crippen LogP contribution in [0.1, 0.15) is 33.0 Å². The summed E-state index contributed by atoms with van der Waals surface area (Å²) in [5.41, 5.74) is 1.87. The maximum atomic E-state index is 13.5. The van der Waals surface area contributed by atoms with E-state index in [1.54, 1.807) is 6.07 Å². The Morgan fingerprint density at radius 1 is 1.45 bits per heavy atom. The summed E-state index contributed by atoms with van der Waals surface area (Å²) in [5.74, 6) is 1.40. The predicted molar refractivity (Wildman–Crippen MR) is 79.4 cm³/mol. The molecule has 20 heavy (non-hydrogen) atoms. The van der Waals surface area contributed by atoms with Crippen molar-refractivity contribution in [1.82, 2.24) is 14.9 Å². The summed E-state index contributed by atoms with van der Waals surface area (Å²) in [5, 5.41) is 3.47. The highest BCUT2D eigenvalue weighted by Crippen LogP contribution is 2.38. The predicted octanol–water partition coefficient (Wildman–Crippen LogP) is 3.08. The maximum Gasteiger partial charge on any atom is 0.125 e. The van der Waals surface area contributed by atoms with Gasteiger partial charge in [-0.1, -0.05) is 13.8 Å². The van der Waals surface area contributed by atoms with Gasteiger partial charge in [0.2, 0.25) is 0 Å². The first-order valence-electron chi connectivity index (χ1n) is 7.45. The van der Waals surface area contributed by atoms with E-state index in [-0.39, 0.29) is 11.2 Å². The molecule has 4 heteroatoms. The lowest BCUT2D eigenvalue weighted by Gasteiger charge is -2.32. The molecule has 3 rings (SSSR count). The van der Waals surface area contributed by atoms with E-state index in [9.17, 15) is 4.39 Å². The van der Waals surface area contributed by atoms with Gasteiger partial charge in [0.15, 0.2) is 0 Å². The topological polar surface area (TPSA) is 29.9 Å². The van der Waals surface area contributed by atoms with Crippen LogP contribution in [0.25, 0.3) is 11.0 Å². The standard InChI is InChI=1S/C16H22FN3/c1-4-20-14-6-5-12(17)9-13(14)19-15(20)16(11(2)3)7-8-18-10-16/h5-6,9,11,18H,4,7-8,10H2,1-3H3. The number of imidazole rings is 1. The van der Waals surface area contributed by atoms with E-state index in [0.717, 1.165) is 42.9 Å². The van der Waals surface area contributed by atoms with Crippen molar-refractivity contribution in [2.24, 2.45) is 5.92 Å². The zero-order chi connectivity index (χ0) is 14.3. The summed E-state index contributed by atoms with van der Waals surface area (Å²) >= 11 is 0. The fourth-order valence-corrected chi connectivity index (χ4v) is 3.46. The number of halogens is 1. The van der Waals surface area contributed by atoms with Crippen molar-refractivity contribution in [3.05, 3.63) is 29.8 Å². The zero-order valence-electron chi connectivity index (χ0n) is 12.4. The third-order valence-corrected chi connectivity index (χ3v) is 4.77. The summed E-state index contributed by atoms with van der Waals surface area (Å²) in [6.45, 7) is 9.49. The van der Waals surface area contributed by atoms with Gasteiger partial charge in [-0.2, -0.15) is 0 Å². The molecule has 1 saturated heterocycles. The number of hydrogen-bond acceptors (Lipinski definition) is 2. The SMILES string of the molecule is CCn1c(C2(C(C)C)CCNC2)nc2cc(F)ccc21. The summed E-state index contributed by atoms with van der Waals surface area (Å²) in [6.07, 6.45) is 1.09. The first-order valence-corrected chi connectivity index (χ1v) is 7.45. The molecule has 0 aliphatic carbocycles. The Labute approximate surface area is 119 Å². The molecule has 1 unspecified atom stereocenters. The Morgan fingerprint density at radius 3 is 2.85 bits per heavy atom. The van der Waals surface area contributed by atoms with Crippen LogP contribution in [0.15, 0.2) is 18.2 Å². The molecule has 108 valence electrons. The van der Waals surface area contributed by atoms with Gasteiger partial charge in [-0.15, -0.1) is 0 Å². The number of fused-ring (bicyclic) bond motifs is 1. The highest BCUT2D eigenvalue weighted by Gasteiger charge is 2.42. The summed E-state index contributed by atoms with van der Waals surface area (Å²) in [6, 6.07) is 4.91. The first kappa shape index (κ1) is 13.6. The van der Waals surface area contributed by atoms with E-state index in [1.165, 1.54) is 6.07 Å². The van der Waals surface area contributed by atoms with E-state index >= 15 is 0 Å². The van der Waals surface area contributed by atoms with Gasteiger partial charge < -0.3 is 9.88 Å². The second kappa shape index (κ2) is 4.85. The second-order valence-corrected chi connectivity index (χ2v) is 6.05. The smallest absolute Gasteiger partial charge is 0.125 e. The van der Waals surface area contributed by atoms with Crippen LogP contribution in [-0.2, 0) is 12.0 Å². The number of benzene rings is 1. The number of aryl methyl sites for hydroxylation is 1. The molecule has 0 bridgehead atoms. The van der Waals surface area contributed by atoms with E-state index in [2.05, 4.69) is 30.7 Å². The lowest BCUT2D eigenvalue weighted by molar-refractivity contribution is 0.308. The molecule has 0 radical (unpaired) electrons. The highest BCUT2D eigenvalue weighted by atomic mass is 19.1. The molecule has 1 aliphatic heterocycles. The molecule has 1 aliphatic rings.